The lowest BCUT2D eigenvalue weighted by Crippen LogP contribution is -2.20. The number of hydrazone groups is 1. The van der Waals surface area contributed by atoms with Crippen molar-refractivity contribution in [2.24, 2.45) is 5.10 Å². The highest BCUT2D eigenvalue weighted by Gasteiger charge is 2.17. The smallest absolute Gasteiger partial charge is 0.250 e. The number of rotatable bonds is 9. The molecule has 0 fully saturated rings. The van der Waals surface area contributed by atoms with Gasteiger partial charge >= 0.3 is 0 Å². The second kappa shape index (κ2) is 11.8. The van der Waals surface area contributed by atoms with Gasteiger partial charge in [0.25, 0.3) is 5.91 Å². The Labute approximate surface area is 216 Å². The third kappa shape index (κ3) is 6.39. The van der Waals surface area contributed by atoms with Crippen molar-refractivity contribution >= 4 is 47.1 Å². The molecule has 4 rings (SSSR count). The van der Waals surface area contributed by atoms with Gasteiger partial charge in [-0.25, -0.2) is 5.43 Å². The van der Waals surface area contributed by atoms with E-state index in [1.165, 1.54) is 18.0 Å². The largest absolute Gasteiger partial charge is 0.494 e. The minimum Gasteiger partial charge on any atom is -0.494 e. The summed E-state index contributed by atoms with van der Waals surface area (Å²) in [5.41, 5.74) is 4.77. The van der Waals surface area contributed by atoms with E-state index in [1.54, 1.807) is 30.6 Å². The predicted octanol–water partition coefficient (Wildman–Crippen LogP) is 5.28. The van der Waals surface area contributed by atoms with Crippen LogP contribution in [0.1, 0.15) is 12.5 Å². The Hall–Kier alpha value is -3.40. The van der Waals surface area contributed by atoms with Crippen LogP contribution in [0.3, 0.4) is 0 Å². The molecule has 0 saturated carbocycles. The van der Waals surface area contributed by atoms with E-state index in [0.717, 1.165) is 17.0 Å². The molecule has 1 N–H and O–H groups in total. The number of carbonyl (C=O) groups is 1. The summed E-state index contributed by atoms with van der Waals surface area (Å²) >= 11 is 13.3. The van der Waals surface area contributed by atoms with Crippen LogP contribution in [-0.4, -0.2) is 44.2 Å². The van der Waals surface area contributed by atoms with Crippen LogP contribution in [0, 0.1) is 0 Å². The number of hydrogen-bond donors (Lipinski definition) is 1. The van der Waals surface area contributed by atoms with E-state index < -0.39 is 0 Å². The molecule has 0 atom stereocenters. The van der Waals surface area contributed by atoms with Gasteiger partial charge in [-0.1, -0.05) is 41.0 Å². The maximum absolute atomic E-state index is 12.4. The molecule has 35 heavy (non-hydrogen) atoms. The van der Waals surface area contributed by atoms with Gasteiger partial charge in [-0.15, -0.1) is 10.2 Å². The third-order valence-corrected chi connectivity index (χ3v) is 6.14. The van der Waals surface area contributed by atoms with Crippen molar-refractivity contribution < 1.29 is 9.53 Å². The number of benzene rings is 2. The van der Waals surface area contributed by atoms with Gasteiger partial charge in [0, 0.05) is 34.2 Å². The minimum atomic E-state index is -0.305. The van der Waals surface area contributed by atoms with Gasteiger partial charge in [0.15, 0.2) is 11.0 Å². The number of halogens is 2. The van der Waals surface area contributed by atoms with Gasteiger partial charge in [-0.3, -0.25) is 14.3 Å². The first-order valence-electron chi connectivity index (χ1n) is 10.5. The average Bonchev–Trinajstić information content (AvgIpc) is 3.29. The first kappa shape index (κ1) is 24.7. The standard InChI is InChI=1S/C24H20Cl2N6O2S/c1-2-34-20-9-7-19(8-10-20)32-23(17-4-3-11-27-13-17)30-31-24(32)35-15-22(33)29-28-14-16-5-6-18(25)12-21(16)26/h3-14H,2,15H2,1H3,(H,29,33)/b28-14+. The summed E-state index contributed by atoms with van der Waals surface area (Å²) in [5, 5.41) is 14.2. The number of thioether (sulfide) groups is 1. The average molecular weight is 527 g/mol. The van der Waals surface area contributed by atoms with Crippen molar-refractivity contribution in [1.82, 2.24) is 25.2 Å². The molecule has 2 aromatic carbocycles. The molecule has 2 heterocycles. The summed E-state index contributed by atoms with van der Waals surface area (Å²) in [4.78, 5) is 16.6. The number of amides is 1. The Morgan fingerprint density at radius 2 is 2.00 bits per heavy atom. The lowest BCUT2D eigenvalue weighted by Gasteiger charge is -2.11. The summed E-state index contributed by atoms with van der Waals surface area (Å²) in [6, 6.07) is 16.3. The van der Waals surface area contributed by atoms with E-state index in [9.17, 15) is 4.79 Å². The van der Waals surface area contributed by atoms with Crippen LogP contribution in [0.4, 0.5) is 0 Å². The summed E-state index contributed by atoms with van der Waals surface area (Å²) in [6.45, 7) is 2.51. The van der Waals surface area contributed by atoms with Gasteiger partial charge in [0.1, 0.15) is 5.75 Å². The molecule has 0 radical (unpaired) electrons. The van der Waals surface area contributed by atoms with Crippen molar-refractivity contribution in [1.29, 1.82) is 0 Å². The monoisotopic (exact) mass is 526 g/mol. The van der Waals surface area contributed by atoms with Gasteiger partial charge in [-0.05, 0) is 55.5 Å². The molecule has 0 unspecified atom stereocenters. The number of ether oxygens (including phenoxy) is 1. The van der Waals surface area contributed by atoms with Gasteiger partial charge < -0.3 is 4.74 Å². The van der Waals surface area contributed by atoms with E-state index in [2.05, 4.69) is 25.7 Å². The van der Waals surface area contributed by atoms with E-state index in [0.29, 0.717) is 33.2 Å². The zero-order valence-electron chi connectivity index (χ0n) is 18.6. The maximum Gasteiger partial charge on any atom is 0.250 e. The molecule has 0 bridgehead atoms. The Balaban J connectivity index is 1.50. The highest BCUT2D eigenvalue weighted by molar-refractivity contribution is 7.99. The van der Waals surface area contributed by atoms with Crippen LogP contribution >= 0.6 is 35.0 Å². The summed E-state index contributed by atoms with van der Waals surface area (Å²) in [6.07, 6.45) is 4.87. The number of aromatic nitrogens is 4. The van der Waals surface area contributed by atoms with Crippen molar-refractivity contribution in [3.05, 3.63) is 82.6 Å². The van der Waals surface area contributed by atoms with Crippen molar-refractivity contribution in [3.8, 4) is 22.8 Å². The van der Waals surface area contributed by atoms with E-state index >= 15 is 0 Å². The lowest BCUT2D eigenvalue weighted by molar-refractivity contribution is -0.118. The molecule has 0 saturated heterocycles. The van der Waals surface area contributed by atoms with Crippen molar-refractivity contribution in [2.75, 3.05) is 12.4 Å². The Morgan fingerprint density at radius 1 is 1.17 bits per heavy atom. The number of hydrogen-bond acceptors (Lipinski definition) is 7. The Kier molecular flexibility index (Phi) is 8.36. The van der Waals surface area contributed by atoms with Crippen LogP contribution in [0.2, 0.25) is 10.0 Å². The highest BCUT2D eigenvalue weighted by atomic mass is 35.5. The first-order valence-corrected chi connectivity index (χ1v) is 12.3. The molecule has 0 aliphatic heterocycles. The lowest BCUT2D eigenvalue weighted by atomic mass is 10.2. The molecule has 178 valence electrons. The molecule has 0 aliphatic carbocycles. The second-order valence-corrected chi connectivity index (χ2v) is 8.84. The quantitative estimate of drug-likeness (QED) is 0.181. The molecule has 11 heteroatoms. The molecule has 0 spiro atoms. The van der Waals surface area contributed by atoms with Crippen molar-refractivity contribution in [3.63, 3.8) is 0 Å². The van der Waals surface area contributed by atoms with Gasteiger partial charge in [0.05, 0.1) is 23.6 Å². The fraction of sp³-hybridized carbons (Fsp3) is 0.125. The Morgan fingerprint density at radius 3 is 2.71 bits per heavy atom. The molecule has 2 aromatic heterocycles. The highest BCUT2D eigenvalue weighted by Crippen LogP contribution is 2.28. The number of nitrogens with zero attached hydrogens (tertiary/aromatic N) is 5. The van der Waals surface area contributed by atoms with Crippen LogP contribution in [0.15, 0.2) is 77.2 Å². The topological polar surface area (TPSA) is 94.3 Å². The van der Waals surface area contributed by atoms with Crippen LogP contribution in [-0.2, 0) is 4.79 Å². The van der Waals surface area contributed by atoms with E-state index in [-0.39, 0.29) is 11.7 Å². The fourth-order valence-corrected chi connectivity index (χ4v) is 4.28. The molecular formula is C24H20Cl2N6O2S. The third-order valence-electron chi connectivity index (χ3n) is 4.65. The minimum absolute atomic E-state index is 0.0773. The summed E-state index contributed by atoms with van der Waals surface area (Å²) in [5.74, 6) is 1.15. The maximum atomic E-state index is 12.4. The second-order valence-electron chi connectivity index (χ2n) is 7.06. The number of carbonyl (C=O) groups excluding carboxylic acids is 1. The number of pyridine rings is 1. The normalized spacial score (nSPS) is 11.1. The molecule has 1 amide bonds. The predicted molar refractivity (Wildman–Crippen MR) is 139 cm³/mol. The SMILES string of the molecule is CCOc1ccc(-n2c(SCC(=O)N/N=C/c3ccc(Cl)cc3Cl)nnc2-c2cccnc2)cc1. The first-order chi connectivity index (χ1) is 17.0. The number of nitrogens with one attached hydrogen (secondary N) is 1. The zero-order valence-corrected chi connectivity index (χ0v) is 20.9. The van der Waals surface area contributed by atoms with Crippen LogP contribution in [0.25, 0.3) is 17.1 Å². The summed E-state index contributed by atoms with van der Waals surface area (Å²) in [7, 11) is 0. The Bertz CT molecular complexity index is 1330. The molecule has 8 nitrogen and oxygen atoms in total. The summed E-state index contributed by atoms with van der Waals surface area (Å²) < 4.78 is 7.42. The zero-order chi connectivity index (χ0) is 24.6. The molecule has 0 aliphatic rings. The van der Waals surface area contributed by atoms with Gasteiger partial charge in [0.2, 0.25) is 0 Å². The van der Waals surface area contributed by atoms with Crippen LogP contribution in [0.5, 0.6) is 5.75 Å². The van der Waals surface area contributed by atoms with E-state index in [1.807, 2.05) is 47.9 Å². The van der Waals surface area contributed by atoms with Crippen LogP contribution < -0.4 is 10.2 Å². The molecule has 4 aromatic rings. The van der Waals surface area contributed by atoms with Gasteiger partial charge in [-0.2, -0.15) is 5.10 Å². The molecular weight excluding hydrogens is 507 g/mol. The van der Waals surface area contributed by atoms with Crippen molar-refractivity contribution in [2.45, 2.75) is 12.1 Å². The fourth-order valence-electron chi connectivity index (χ4n) is 3.08. The van der Waals surface area contributed by atoms with E-state index in [4.69, 9.17) is 27.9 Å².